The number of thioether (sulfide) groups is 1. The Morgan fingerprint density at radius 3 is 2.67 bits per heavy atom. The maximum absolute atomic E-state index is 12.7. The molecule has 1 N–H and O–H groups in total. The number of aromatic nitrogens is 3. The smallest absolute Gasteiger partial charge is 0.339 e. The van der Waals surface area contributed by atoms with Gasteiger partial charge in [-0.2, -0.15) is 0 Å². The number of methoxy groups -OCH3 is 1. The van der Waals surface area contributed by atoms with Gasteiger partial charge in [0.05, 0.1) is 23.6 Å². The first kappa shape index (κ1) is 16.8. The monoisotopic (exact) mass is 349 g/mol. The third-order valence-electron chi connectivity index (χ3n) is 4.07. The third kappa shape index (κ3) is 3.10. The van der Waals surface area contributed by atoms with Crippen LogP contribution in [0, 0.1) is 13.8 Å². The Morgan fingerprint density at radius 1 is 1.33 bits per heavy atom. The highest BCUT2D eigenvalue weighted by atomic mass is 32.2. The van der Waals surface area contributed by atoms with Crippen LogP contribution in [0.25, 0.3) is 0 Å². The Balaban J connectivity index is 1.76. The quantitative estimate of drug-likeness (QED) is 0.486. The summed E-state index contributed by atoms with van der Waals surface area (Å²) >= 11 is 1.22. The summed E-state index contributed by atoms with van der Waals surface area (Å²) in [7, 11) is 1.32. The average Bonchev–Trinajstić information content (AvgIpc) is 3.23. The van der Waals surface area contributed by atoms with Crippen molar-refractivity contribution < 1.29 is 18.7 Å². The topological polar surface area (TPSA) is 98.1 Å². The van der Waals surface area contributed by atoms with Gasteiger partial charge in [0.25, 0.3) is 5.22 Å². The van der Waals surface area contributed by atoms with Crippen LogP contribution in [0.5, 0.6) is 0 Å². The maximum atomic E-state index is 12.7. The Morgan fingerprint density at radius 2 is 2.04 bits per heavy atom. The van der Waals surface area contributed by atoms with E-state index in [2.05, 4.69) is 15.2 Å². The molecule has 0 spiro atoms. The van der Waals surface area contributed by atoms with Gasteiger partial charge in [0, 0.05) is 11.6 Å². The highest BCUT2D eigenvalue weighted by Gasteiger charge is 2.31. The lowest BCUT2D eigenvalue weighted by Gasteiger charge is -2.07. The molecule has 1 aliphatic carbocycles. The molecule has 24 heavy (non-hydrogen) atoms. The van der Waals surface area contributed by atoms with E-state index >= 15 is 0 Å². The van der Waals surface area contributed by atoms with Gasteiger partial charge in [-0.15, -0.1) is 10.2 Å². The summed E-state index contributed by atoms with van der Waals surface area (Å²) in [6.07, 6.45) is 2.16. The lowest BCUT2D eigenvalue weighted by Crippen LogP contribution is -2.15. The maximum Gasteiger partial charge on any atom is 0.339 e. The molecule has 1 aliphatic rings. The van der Waals surface area contributed by atoms with Gasteiger partial charge in [-0.3, -0.25) is 4.79 Å². The number of nitrogens with zero attached hydrogens (tertiary/aromatic N) is 2. The van der Waals surface area contributed by atoms with Gasteiger partial charge in [-0.1, -0.05) is 11.8 Å². The van der Waals surface area contributed by atoms with Crippen molar-refractivity contribution in [3.8, 4) is 0 Å². The summed E-state index contributed by atoms with van der Waals surface area (Å²) in [4.78, 5) is 27.5. The first-order valence-corrected chi connectivity index (χ1v) is 8.62. The van der Waals surface area contributed by atoms with Crippen LogP contribution in [-0.4, -0.2) is 39.3 Å². The first-order chi connectivity index (χ1) is 11.4. The molecule has 1 fully saturated rings. The second kappa shape index (κ2) is 6.43. The Labute approximate surface area is 143 Å². The largest absolute Gasteiger partial charge is 0.465 e. The zero-order valence-corrected chi connectivity index (χ0v) is 14.8. The van der Waals surface area contributed by atoms with Crippen LogP contribution >= 0.6 is 11.8 Å². The molecule has 1 saturated carbocycles. The zero-order chi connectivity index (χ0) is 17.4. The molecule has 0 aromatic carbocycles. The normalized spacial score (nSPS) is 15.3. The minimum Gasteiger partial charge on any atom is -0.465 e. The standard InChI is InChI=1S/C16H19N3O4S/c1-7-11(15(21)22-4)8(2)17-12(7)13(20)9(3)24-16-19-18-14(23-16)10-5-6-10/h9-10,17H,5-6H2,1-4H3/t9-/m1/s1. The van der Waals surface area contributed by atoms with E-state index < -0.39 is 11.2 Å². The second-order valence-corrected chi connectivity index (χ2v) is 7.21. The van der Waals surface area contributed by atoms with Crippen LogP contribution in [0.1, 0.15) is 63.7 Å². The minimum absolute atomic E-state index is 0.123. The van der Waals surface area contributed by atoms with Crippen LogP contribution in [0.2, 0.25) is 0 Å². The van der Waals surface area contributed by atoms with Crippen molar-refractivity contribution in [3.05, 3.63) is 28.4 Å². The third-order valence-corrected chi connectivity index (χ3v) is 5.00. The number of rotatable bonds is 6. The molecule has 0 radical (unpaired) electrons. The predicted molar refractivity (Wildman–Crippen MR) is 87.5 cm³/mol. The van der Waals surface area contributed by atoms with Crippen molar-refractivity contribution in [2.45, 2.75) is 50.0 Å². The molecule has 2 aromatic heterocycles. The summed E-state index contributed by atoms with van der Waals surface area (Å²) in [6, 6.07) is 0. The summed E-state index contributed by atoms with van der Waals surface area (Å²) in [5.74, 6) is 0.458. The first-order valence-electron chi connectivity index (χ1n) is 7.74. The minimum atomic E-state index is -0.452. The lowest BCUT2D eigenvalue weighted by molar-refractivity contribution is 0.0599. The summed E-state index contributed by atoms with van der Waals surface area (Å²) in [6.45, 7) is 5.26. The fraction of sp³-hybridized carbons (Fsp3) is 0.500. The molecule has 0 aliphatic heterocycles. The number of hydrogen-bond donors (Lipinski definition) is 1. The number of nitrogens with one attached hydrogen (secondary N) is 1. The van der Waals surface area contributed by atoms with Crippen LogP contribution < -0.4 is 0 Å². The molecular weight excluding hydrogens is 330 g/mol. The number of aromatic amines is 1. The van der Waals surface area contributed by atoms with Crippen molar-refractivity contribution >= 4 is 23.5 Å². The van der Waals surface area contributed by atoms with Gasteiger partial charge in [0.2, 0.25) is 5.89 Å². The van der Waals surface area contributed by atoms with Gasteiger partial charge in [-0.25, -0.2) is 4.79 Å². The number of H-pyrrole nitrogens is 1. The molecule has 0 bridgehead atoms. The molecule has 2 aromatic rings. The molecule has 8 heteroatoms. The molecule has 7 nitrogen and oxygen atoms in total. The lowest BCUT2D eigenvalue weighted by atomic mass is 10.1. The number of carbonyl (C=O) groups excluding carboxylic acids is 2. The van der Waals surface area contributed by atoms with Gasteiger partial charge in [0.1, 0.15) is 0 Å². The van der Waals surface area contributed by atoms with E-state index in [1.807, 2.05) is 0 Å². The van der Waals surface area contributed by atoms with Crippen molar-refractivity contribution in [2.24, 2.45) is 0 Å². The Kier molecular flexibility index (Phi) is 4.49. The molecule has 0 saturated heterocycles. The SMILES string of the molecule is COC(=O)c1c(C)[nH]c(C(=O)[C@@H](C)Sc2nnc(C3CC3)o2)c1C. The fourth-order valence-corrected chi connectivity index (χ4v) is 3.32. The summed E-state index contributed by atoms with van der Waals surface area (Å²) < 4.78 is 10.4. The van der Waals surface area contributed by atoms with E-state index in [1.54, 1.807) is 20.8 Å². The van der Waals surface area contributed by atoms with Crippen molar-refractivity contribution in [3.63, 3.8) is 0 Å². The van der Waals surface area contributed by atoms with Crippen LogP contribution in [-0.2, 0) is 4.74 Å². The highest BCUT2D eigenvalue weighted by molar-refractivity contribution is 8.00. The predicted octanol–water partition coefficient (Wildman–Crippen LogP) is 3.04. The number of carbonyl (C=O) groups is 2. The molecule has 2 heterocycles. The molecule has 0 unspecified atom stereocenters. The van der Waals surface area contributed by atoms with Gasteiger partial charge in [-0.05, 0) is 39.2 Å². The van der Waals surface area contributed by atoms with Crippen LogP contribution in [0.4, 0.5) is 0 Å². The number of Topliss-reactive ketones (excluding diaryl/α,β-unsaturated/α-hetero) is 1. The number of ketones is 1. The fourth-order valence-electron chi connectivity index (χ4n) is 2.58. The van der Waals surface area contributed by atoms with E-state index in [0.717, 1.165) is 12.8 Å². The second-order valence-electron chi connectivity index (χ2n) is 5.92. The van der Waals surface area contributed by atoms with Crippen LogP contribution in [0.15, 0.2) is 9.64 Å². The van der Waals surface area contributed by atoms with Gasteiger partial charge < -0.3 is 14.1 Å². The number of esters is 1. The molecule has 1 atom stereocenters. The summed E-state index contributed by atoms with van der Waals surface area (Å²) in [5, 5.41) is 7.98. The van der Waals surface area contributed by atoms with E-state index in [0.29, 0.717) is 39.5 Å². The average molecular weight is 349 g/mol. The van der Waals surface area contributed by atoms with E-state index in [9.17, 15) is 9.59 Å². The Hall–Kier alpha value is -2.09. The van der Waals surface area contributed by atoms with Crippen molar-refractivity contribution in [1.29, 1.82) is 0 Å². The number of ether oxygens (including phenoxy) is 1. The van der Waals surface area contributed by atoms with Gasteiger partial charge in [0.15, 0.2) is 5.78 Å². The van der Waals surface area contributed by atoms with E-state index in [-0.39, 0.29) is 5.78 Å². The molecule has 3 rings (SSSR count). The van der Waals surface area contributed by atoms with E-state index in [1.165, 1.54) is 18.9 Å². The number of aryl methyl sites for hydroxylation is 1. The van der Waals surface area contributed by atoms with Crippen molar-refractivity contribution in [1.82, 2.24) is 15.2 Å². The Bertz CT molecular complexity index is 791. The van der Waals surface area contributed by atoms with E-state index in [4.69, 9.17) is 9.15 Å². The van der Waals surface area contributed by atoms with Crippen molar-refractivity contribution in [2.75, 3.05) is 7.11 Å². The molecule has 128 valence electrons. The summed E-state index contributed by atoms with van der Waals surface area (Å²) in [5.41, 5.74) is 2.04. The van der Waals surface area contributed by atoms with Crippen LogP contribution in [0.3, 0.4) is 0 Å². The highest BCUT2D eigenvalue weighted by Crippen LogP contribution is 2.40. The molecule has 0 amide bonds. The van der Waals surface area contributed by atoms with Gasteiger partial charge >= 0.3 is 5.97 Å². The zero-order valence-electron chi connectivity index (χ0n) is 14.0. The number of hydrogen-bond acceptors (Lipinski definition) is 7. The molecular formula is C16H19N3O4S.